The third-order valence-corrected chi connectivity index (χ3v) is 3.70. The summed E-state index contributed by atoms with van der Waals surface area (Å²) in [5.74, 6) is -1.35. The first-order valence-corrected chi connectivity index (χ1v) is 6.43. The van der Waals surface area contributed by atoms with Crippen molar-refractivity contribution in [3.8, 4) is 0 Å². The fourth-order valence-electron chi connectivity index (χ4n) is 2.69. The summed E-state index contributed by atoms with van der Waals surface area (Å²) < 4.78 is 32.3. The highest BCUT2D eigenvalue weighted by molar-refractivity contribution is 5.20. The lowest BCUT2D eigenvalue weighted by Gasteiger charge is -2.23. The first kappa shape index (κ1) is 13.4. The molecule has 0 saturated carbocycles. The van der Waals surface area contributed by atoms with Gasteiger partial charge in [-0.25, -0.2) is 8.78 Å². The lowest BCUT2D eigenvalue weighted by atomic mass is 9.88. The largest absolute Gasteiger partial charge is 0.378 e. The molecule has 100 valence electrons. The molecule has 1 aromatic carbocycles. The fourth-order valence-corrected chi connectivity index (χ4v) is 2.69. The average Bonchev–Trinajstić information content (AvgIpc) is 2.83. The van der Waals surface area contributed by atoms with Gasteiger partial charge in [-0.3, -0.25) is 0 Å². The van der Waals surface area contributed by atoms with E-state index < -0.39 is 11.6 Å². The summed E-state index contributed by atoms with van der Waals surface area (Å²) in [6.45, 7) is 2.76. The van der Waals surface area contributed by atoms with Crippen LogP contribution in [-0.2, 0) is 11.2 Å². The van der Waals surface area contributed by atoms with Crippen LogP contribution in [0.5, 0.6) is 0 Å². The summed E-state index contributed by atoms with van der Waals surface area (Å²) in [5.41, 5.74) is 6.48. The summed E-state index contributed by atoms with van der Waals surface area (Å²) in [6, 6.07) is 4.05. The third kappa shape index (κ3) is 2.70. The van der Waals surface area contributed by atoms with Crippen LogP contribution in [0.1, 0.15) is 25.3 Å². The Morgan fingerprint density at radius 3 is 2.94 bits per heavy atom. The van der Waals surface area contributed by atoms with Crippen molar-refractivity contribution in [2.75, 3.05) is 6.61 Å². The molecule has 1 heterocycles. The van der Waals surface area contributed by atoms with Gasteiger partial charge in [-0.15, -0.1) is 0 Å². The van der Waals surface area contributed by atoms with Gasteiger partial charge in [0.2, 0.25) is 0 Å². The molecule has 1 fully saturated rings. The quantitative estimate of drug-likeness (QED) is 0.897. The highest BCUT2D eigenvalue weighted by Crippen LogP contribution is 2.27. The zero-order valence-corrected chi connectivity index (χ0v) is 10.5. The van der Waals surface area contributed by atoms with Crippen molar-refractivity contribution < 1.29 is 13.5 Å². The number of hydrogen-bond acceptors (Lipinski definition) is 2. The molecule has 2 nitrogen and oxygen atoms in total. The van der Waals surface area contributed by atoms with E-state index in [4.69, 9.17) is 10.5 Å². The second kappa shape index (κ2) is 5.76. The second-order valence-electron chi connectivity index (χ2n) is 4.85. The van der Waals surface area contributed by atoms with Gasteiger partial charge in [0.15, 0.2) is 11.6 Å². The van der Waals surface area contributed by atoms with E-state index in [9.17, 15) is 8.78 Å². The molecule has 1 saturated heterocycles. The van der Waals surface area contributed by atoms with Gasteiger partial charge in [-0.1, -0.05) is 19.1 Å². The van der Waals surface area contributed by atoms with E-state index >= 15 is 0 Å². The summed E-state index contributed by atoms with van der Waals surface area (Å²) in [5, 5.41) is 0. The van der Waals surface area contributed by atoms with Crippen LogP contribution in [0.3, 0.4) is 0 Å². The maximum atomic E-state index is 13.6. The van der Waals surface area contributed by atoms with Crippen molar-refractivity contribution in [1.29, 1.82) is 0 Å². The number of halogens is 2. The Kier molecular flexibility index (Phi) is 4.30. The number of hydrogen-bond donors (Lipinski definition) is 1. The molecule has 2 rings (SSSR count). The van der Waals surface area contributed by atoms with Gasteiger partial charge in [0.25, 0.3) is 0 Å². The molecule has 1 aliphatic heterocycles. The molecule has 4 heteroatoms. The first-order valence-electron chi connectivity index (χ1n) is 6.43. The highest BCUT2D eigenvalue weighted by atomic mass is 19.2. The van der Waals surface area contributed by atoms with Crippen molar-refractivity contribution >= 4 is 0 Å². The maximum Gasteiger partial charge on any atom is 0.162 e. The number of benzene rings is 1. The van der Waals surface area contributed by atoms with E-state index in [1.807, 2.05) is 0 Å². The Morgan fingerprint density at radius 1 is 1.44 bits per heavy atom. The van der Waals surface area contributed by atoms with Crippen LogP contribution in [0.4, 0.5) is 8.78 Å². The van der Waals surface area contributed by atoms with Crippen molar-refractivity contribution in [2.24, 2.45) is 11.7 Å². The van der Waals surface area contributed by atoms with Gasteiger partial charge in [0.1, 0.15) is 0 Å². The molecule has 0 amide bonds. The van der Waals surface area contributed by atoms with E-state index in [1.54, 1.807) is 6.07 Å². The number of nitrogens with two attached hydrogens (primary N) is 1. The van der Waals surface area contributed by atoms with Gasteiger partial charge in [-0.05, 0) is 30.9 Å². The molecule has 1 aromatic rings. The summed E-state index contributed by atoms with van der Waals surface area (Å²) in [7, 11) is 0. The first-order chi connectivity index (χ1) is 8.63. The van der Waals surface area contributed by atoms with Gasteiger partial charge in [0.05, 0.1) is 6.10 Å². The Labute approximate surface area is 106 Å². The molecular formula is C14H19F2NO. The van der Waals surface area contributed by atoms with E-state index in [2.05, 4.69) is 6.92 Å². The molecule has 3 atom stereocenters. The maximum absolute atomic E-state index is 13.6. The summed E-state index contributed by atoms with van der Waals surface area (Å²) in [6.07, 6.45) is 2.31. The Morgan fingerprint density at radius 2 is 2.22 bits per heavy atom. The van der Waals surface area contributed by atoms with Crippen molar-refractivity contribution in [1.82, 2.24) is 0 Å². The van der Waals surface area contributed by atoms with Crippen LogP contribution < -0.4 is 5.73 Å². The Bertz CT molecular complexity index is 411. The molecule has 0 bridgehead atoms. The molecule has 2 N–H and O–H groups in total. The fraction of sp³-hybridized carbons (Fsp3) is 0.571. The lowest BCUT2D eigenvalue weighted by molar-refractivity contribution is 0.0813. The molecule has 18 heavy (non-hydrogen) atoms. The average molecular weight is 255 g/mol. The zero-order chi connectivity index (χ0) is 13.1. The monoisotopic (exact) mass is 255 g/mol. The normalized spacial score (nSPS) is 25.3. The van der Waals surface area contributed by atoms with Crippen molar-refractivity contribution in [3.63, 3.8) is 0 Å². The highest BCUT2D eigenvalue weighted by Gasteiger charge is 2.32. The van der Waals surface area contributed by atoms with Crippen LogP contribution in [0.2, 0.25) is 0 Å². The van der Waals surface area contributed by atoms with Gasteiger partial charge < -0.3 is 10.5 Å². The molecule has 3 unspecified atom stereocenters. The SMILES string of the molecule is CCC1OCCC1C(N)Cc1cccc(F)c1F. The Hall–Kier alpha value is -1.00. The van der Waals surface area contributed by atoms with Crippen LogP contribution in [0.15, 0.2) is 18.2 Å². The predicted octanol–water partition coefficient (Wildman–Crippen LogP) is 2.65. The minimum absolute atomic E-state index is 0.150. The van der Waals surface area contributed by atoms with E-state index in [1.165, 1.54) is 6.07 Å². The standard InChI is InChI=1S/C14H19F2NO/c1-2-13-10(6-7-18-13)12(17)8-9-4-3-5-11(15)14(9)16/h3-5,10,12-13H,2,6-8,17H2,1H3. The molecule has 0 spiro atoms. The minimum atomic E-state index is -0.811. The second-order valence-corrected chi connectivity index (χ2v) is 4.85. The van der Waals surface area contributed by atoms with E-state index in [-0.39, 0.29) is 18.1 Å². The minimum Gasteiger partial charge on any atom is -0.378 e. The summed E-state index contributed by atoms with van der Waals surface area (Å²) in [4.78, 5) is 0. The summed E-state index contributed by atoms with van der Waals surface area (Å²) >= 11 is 0. The van der Waals surface area contributed by atoms with Crippen molar-refractivity contribution in [2.45, 2.75) is 38.3 Å². The smallest absolute Gasteiger partial charge is 0.162 e. The Balaban J connectivity index is 2.06. The van der Waals surface area contributed by atoms with Crippen LogP contribution >= 0.6 is 0 Å². The third-order valence-electron chi connectivity index (χ3n) is 3.70. The van der Waals surface area contributed by atoms with Gasteiger partial charge in [-0.2, -0.15) is 0 Å². The molecule has 1 aliphatic rings. The number of rotatable bonds is 4. The molecule has 0 aromatic heterocycles. The van der Waals surface area contributed by atoms with Gasteiger partial charge in [0, 0.05) is 18.6 Å². The number of ether oxygens (including phenoxy) is 1. The van der Waals surface area contributed by atoms with Gasteiger partial charge >= 0.3 is 0 Å². The molecule has 0 aliphatic carbocycles. The van der Waals surface area contributed by atoms with Crippen LogP contribution in [0.25, 0.3) is 0 Å². The lowest BCUT2D eigenvalue weighted by Crippen LogP contribution is -2.37. The van der Waals surface area contributed by atoms with Crippen LogP contribution in [-0.4, -0.2) is 18.8 Å². The molecule has 0 radical (unpaired) electrons. The molecular weight excluding hydrogens is 236 g/mol. The van der Waals surface area contributed by atoms with Crippen LogP contribution in [0, 0.1) is 17.6 Å². The van der Waals surface area contributed by atoms with E-state index in [0.717, 1.165) is 18.9 Å². The van der Waals surface area contributed by atoms with E-state index in [0.29, 0.717) is 18.6 Å². The topological polar surface area (TPSA) is 35.2 Å². The van der Waals surface area contributed by atoms with Crippen molar-refractivity contribution in [3.05, 3.63) is 35.4 Å². The predicted molar refractivity (Wildman–Crippen MR) is 66.2 cm³/mol. The zero-order valence-electron chi connectivity index (χ0n) is 10.5.